The zero-order valence-corrected chi connectivity index (χ0v) is 15.5. The molecule has 4 rings (SSSR count). The highest BCUT2D eigenvalue weighted by atomic mass is 16.2. The number of rotatable bonds is 3. The Labute approximate surface area is 153 Å². The monoisotopic (exact) mass is 354 g/mol. The fourth-order valence-corrected chi connectivity index (χ4v) is 4.20. The fraction of sp³-hybridized carbons (Fsp3) is 0.500. The fourth-order valence-electron chi connectivity index (χ4n) is 4.20. The Balaban J connectivity index is 1.41. The zero-order chi connectivity index (χ0) is 18.3. The first-order chi connectivity index (χ1) is 12.6. The number of para-hydroxylation sites is 1. The Kier molecular flexibility index (Phi) is 4.34. The van der Waals surface area contributed by atoms with E-state index in [4.69, 9.17) is 0 Å². The van der Waals surface area contributed by atoms with E-state index in [-0.39, 0.29) is 17.9 Å². The quantitative estimate of drug-likeness (QED) is 0.889. The SMILES string of the molecule is CCN1C[C@@H](CNC(=O)N2CCc3[nH]c4c(C)cccc4c3C2)CC1=O. The minimum atomic E-state index is -0.0277. The lowest BCUT2D eigenvalue weighted by Gasteiger charge is -2.28. The largest absolute Gasteiger partial charge is 0.358 e. The van der Waals surface area contributed by atoms with Crippen molar-refractivity contribution in [2.45, 2.75) is 33.2 Å². The first-order valence-electron chi connectivity index (χ1n) is 9.46. The number of hydrogen-bond donors (Lipinski definition) is 2. The van der Waals surface area contributed by atoms with E-state index in [0.29, 0.717) is 19.5 Å². The van der Waals surface area contributed by atoms with Gasteiger partial charge in [0.05, 0.1) is 0 Å². The summed E-state index contributed by atoms with van der Waals surface area (Å²) in [6, 6.07) is 6.28. The Hall–Kier alpha value is -2.50. The molecular weight excluding hydrogens is 328 g/mol. The van der Waals surface area contributed by atoms with Gasteiger partial charge in [0.1, 0.15) is 0 Å². The molecular formula is C20H26N4O2. The van der Waals surface area contributed by atoms with E-state index in [1.54, 1.807) is 0 Å². The molecule has 1 fully saturated rings. The molecule has 0 unspecified atom stereocenters. The summed E-state index contributed by atoms with van der Waals surface area (Å²) < 4.78 is 0. The number of H-pyrrole nitrogens is 1. The second kappa shape index (κ2) is 6.67. The molecule has 1 saturated heterocycles. The molecule has 2 aliphatic heterocycles. The molecule has 0 radical (unpaired) electrons. The predicted molar refractivity (Wildman–Crippen MR) is 101 cm³/mol. The van der Waals surface area contributed by atoms with Gasteiger partial charge in [0, 0.05) is 73.6 Å². The number of nitrogens with zero attached hydrogens (tertiary/aromatic N) is 2. The lowest BCUT2D eigenvalue weighted by atomic mass is 10.0. The molecule has 6 nitrogen and oxygen atoms in total. The highest BCUT2D eigenvalue weighted by Crippen LogP contribution is 2.29. The minimum absolute atomic E-state index is 0.0277. The van der Waals surface area contributed by atoms with Crippen molar-refractivity contribution in [3.8, 4) is 0 Å². The van der Waals surface area contributed by atoms with E-state index in [0.717, 1.165) is 26.1 Å². The number of aromatic nitrogens is 1. The van der Waals surface area contributed by atoms with Crippen LogP contribution in [0.3, 0.4) is 0 Å². The second-order valence-corrected chi connectivity index (χ2v) is 7.44. The van der Waals surface area contributed by atoms with Gasteiger partial charge in [-0.3, -0.25) is 4.79 Å². The number of carbonyl (C=O) groups is 2. The van der Waals surface area contributed by atoms with Gasteiger partial charge in [0.25, 0.3) is 0 Å². The smallest absolute Gasteiger partial charge is 0.317 e. The van der Waals surface area contributed by atoms with E-state index >= 15 is 0 Å². The molecule has 0 bridgehead atoms. The van der Waals surface area contributed by atoms with Crippen LogP contribution >= 0.6 is 0 Å². The maximum Gasteiger partial charge on any atom is 0.317 e. The maximum atomic E-state index is 12.6. The lowest BCUT2D eigenvalue weighted by molar-refractivity contribution is -0.127. The molecule has 138 valence electrons. The molecule has 2 aliphatic rings. The zero-order valence-electron chi connectivity index (χ0n) is 15.5. The maximum absolute atomic E-state index is 12.6. The Morgan fingerprint density at radius 2 is 2.23 bits per heavy atom. The molecule has 26 heavy (non-hydrogen) atoms. The number of likely N-dealkylation sites (tertiary alicyclic amines) is 1. The van der Waals surface area contributed by atoms with Crippen LogP contribution in [0.15, 0.2) is 18.2 Å². The Morgan fingerprint density at radius 1 is 1.38 bits per heavy atom. The Morgan fingerprint density at radius 3 is 3.00 bits per heavy atom. The average Bonchev–Trinajstić information content (AvgIpc) is 3.20. The molecule has 1 atom stereocenters. The highest BCUT2D eigenvalue weighted by molar-refractivity contribution is 5.88. The van der Waals surface area contributed by atoms with E-state index in [1.165, 1.54) is 27.7 Å². The van der Waals surface area contributed by atoms with Gasteiger partial charge >= 0.3 is 6.03 Å². The average molecular weight is 354 g/mol. The third kappa shape index (κ3) is 2.93. The number of benzene rings is 1. The summed E-state index contributed by atoms with van der Waals surface area (Å²) in [5.41, 5.74) is 4.90. The molecule has 0 spiro atoms. The summed E-state index contributed by atoms with van der Waals surface area (Å²) in [5, 5.41) is 4.26. The number of aryl methyl sites for hydroxylation is 1. The predicted octanol–water partition coefficient (Wildman–Crippen LogP) is 2.41. The van der Waals surface area contributed by atoms with Crippen LogP contribution in [0, 0.1) is 12.8 Å². The van der Waals surface area contributed by atoms with E-state index in [1.807, 2.05) is 16.7 Å². The lowest BCUT2D eigenvalue weighted by Crippen LogP contribution is -2.44. The van der Waals surface area contributed by atoms with Crippen LogP contribution in [0.25, 0.3) is 10.9 Å². The third-order valence-electron chi connectivity index (χ3n) is 5.72. The molecule has 1 aromatic carbocycles. The molecule has 3 amide bonds. The number of hydrogen-bond acceptors (Lipinski definition) is 2. The van der Waals surface area contributed by atoms with Gasteiger partial charge < -0.3 is 20.1 Å². The summed E-state index contributed by atoms with van der Waals surface area (Å²) in [5.74, 6) is 0.422. The van der Waals surface area contributed by atoms with Gasteiger partial charge in [-0.25, -0.2) is 4.79 Å². The van der Waals surface area contributed by atoms with Gasteiger partial charge in [-0.1, -0.05) is 18.2 Å². The first-order valence-corrected chi connectivity index (χ1v) is 9.46. The van der Waals surface area contributed by atoms with Crippen LogP contribution < -0.4 is 5.32 Å². The van der Waals surface area contributed by atoms with Crippen molar-refractivity contribution >= 4 is 22.8 Å². The topological polar surface area (TPSA) is 68.4 Å². The van der Waals surface area contributed by atoms with Crippen LogP contribution in [0.1, 0.15) is 30.2 Å². The van der Waals surface area contributed by atoms with Crippen molar-refractivity contribution in [2.75, 3.05) is 26.2 Å². The van der Waals surface area contributed by atoms with Crippen LogP contribution in [-0.4, -0.2) is 52.9 Å². The number of nitrogens with one attached hydrogen (secondary N) is 2. The van der Waals surface area contributed by atoms with Crippen molar-refractivity contribution in [1.29, 1.82) is 0 Å². The summed E-state index contributed by atoms with van der Waals surface area (Å²) in [6.45, 7) is 7.52. The summed E-state index contributed by atoms with van der Waals surface area (Å²) in [7, 11) is 0. The highest BCUT2D eigenvalue weighted by Gasteiger charge is 2.30. The van der Waals surface area contributed by atoms with E-state index in [9.17, 15) is 9.59 Å². The van der Waals surface area contributed by atoms with Crippen LogP contribution in [0.2, 0.25) is 0 Å². The first kappa shape index (κ1) is 16.9. The van der Waals surface area contributed by atoms with Gasteiger partial charge in [-0.05, 0) is 19.4 Å². The standard InChI is InChI=1S/C20H26N4O2/c1-3-23-11-14(9-18(23)25)10-21-20(26)24-8-7-17-16(12-24)15-6-4-5-13(2)19(15)22-17/h4-6,14,22H,3,7-12H2,1-2H3,(H,21,26)/t14-/m1/s1. The van der Waals surface area contributed by atoms with Crippen molar-refractivity contribution in [1.82, 2.24) is 20.1 Å². The van der Waals surface area contributed by atoms with Crippen LogP contribution in [0.5, 0.6) is 0 Å². The third-order valence-corrected chi connectivity index (χ3v) is 5.72. The van der Waals surface area contributed by atoms with Gasteiger partial charge in [-0.2, -0.15) is 0 Å². The van der Waals surface area contributed by atoms with Crippen molar-refractivity contribution in [3.05, 3.63) is 35.0 Å². The molecule has 0 aliphatic carbocycles. The molecule has 0 saturated carbocycles. The molecule has 2 N–H and O–H groups in total. The number of fused-ring (bicyclic) bond motifs is 3. The molecule has 6 heteroatoms. The van der Waals surface area contributed by atoms with E-state index in [2.05, 4.69) is 35.4 Å². The van der Waals surface area contributed by atoms with Crippen molar-refractivity contribution < 1.29 is 9.59 Å². The summed E-state index contributed by atoms with van der Waals surface area (Å²) in [4.78, 5) is 31.7. The van der Waals surface area contributed by atoms with Crippen molar-refractivity contribution in [2.24, 2.45) is 5.92 Å². The van der Waals surface area contributed by atoms with Gasteiger partial charge in [0.15, 0.2) is 0 Å². The summed E-state index contributed by atoms with van der Waals surface area (Å²) >= 11 is 0. The number of amides is 3. The number of urea groups is 1. The van der Waals surface area contributed by atoms with Gasteiger partial charge in [0.2, 0.25) is 5.91 Å². The number of aromatic amines is 1. The second-order valence-electron chi connectivity index (χ2n) is 7.44. The molecule has 1 aromatic heterocycles. The van der Waals surface area contributed by atoms with Crippen LogP contribution in [0.4, 0.5) is 4.79 Å². The number of carbonyl (C=O) groups excluding carboxylic acids is 2. The van der Waals surface area contributed by atoms with Crippen LogP contribution in [-0.2, 0) is 17.8 Å². The van der Waals surface area contributed by atoms with Crippen molar-refractivity contribution in [3.63, 3.8) is 0 Å². The molecule has 3 heterocycles. The summed E-state index contributed by atoms with van der Waals surface area (Å²) in [6.07, 6.45) is 1.39. The van der Waals surface area contributed by atoms with Gasteiger partial charge in [-0.15, -0.1) is 0 Å². The Bertz CT molecular complexity index is 857. The normalized spacial score (nSPS) is 19.9. The van der Waals surface area contributed by atoms with E-state index < -0.39 is 0 Å². The molecule has 2 aromatic rings. The minimum Gasteiger partial charge on any atom is -0.358 e.